The van der Waals surface area contributed by atoms with Gasteiger partial charge in [0.25, 0.3) is 0 Å². The third-order valence-electron chi connectivity index (χ3n) is 3.17. The van der Waals surface area contributed by atoms with Gasteiger partial charge in [-0.3, -0.25) is 0 Å². The van der Waals surface area contributed by atoms with Gasteiger partial charge in [0.05, 0.1) is 0 Å². The van der Waals surface area contributed by atoms with Gasteiger partial charge in [0.15, 0.2) is 0 Å². The molecule has 1 aromatic heterocycles. The molecule has 1 fully saturated rings. The van der Waals surface area contributed by atoms with E-state index in [4.69, 9.17) is 0 Å². The highest BCUT2D eigenvalue weighted by Gasteiger charge is 2.13. The SMILES string of the molecule is CCc1cc(NCC2CCSCC2)nc(C)n1. The highest BCUT2D eigenvalue weighted by atomic mass is 32.2. The molecule has 1 aliphatic heterocycles. The van der Waals surface area contributed by atoms with E-state index in [0.29, 0.717) is 0 Å². The summed E-state index contributed by atoms with van der Waals surface area (Å²) in [5.74, 6) is 5.31. The highest BCUT2D eigenvalue weighted by molar-refractivity contribution is 7.99. The number of nitrogens with one attached hydrogen (secondary N) is 1. The summed E-state index contributed by atoms with van der Waals surface area (Å²) in [7, 11) is 0. The second kappa shape index (κ2) is 6.24. The fourth-order valence-corrected chi connectivity index (χ4v) is 3.30. The first-order valence-electron chi connectivity index (χ1n) is 6.44. The molecule has 0 aliphatic carbocycles. The van der Waals surface area contributed by atoms with E-state index in [2.05, 4.69) is 40.0 Å². The maximum Gasteiger partial charge on any atom is 0.129 e. The Kier molecular flexibility index (Phi) is 4.66. The molecule has 1 aromatic rings. The van der Waals surface area contributed by atoms with Crippen LogP contribution in [-0.2, 0) is 6.42 Å². The molecule has 2 heterocycles. The predicted molar refractivity (Wildman–Crippen MR) is 74.7 cm³/mol. The first kappa shape index (κ1) is 12.7. The largest absolute Gasteiger partial charge is 0.370 e. The molecule has 94 valence electrons. The van der Waals surface area contributed by atoms with E-state index in [9.17, 15) is 0 Å². The summed E-state index contributed by atoms with van der Waals surface area (Å²) in [6.07, 6.45) is 3.64. The number of aromatic nitrogens is 2. The molecule has 0 radical (unpaired) electrons. The zero-order valence-corrected chi connectivity index (χ0v) is 11.5. The number of hydrogen-bond acceptors (Lipinski definition) is 4. The Morgan fingerprint density at radius 2 is 2.12 bits per heavy atom. The molecule has 0 amide bonds. The number of nitrogens with zero attached hydrogens (tertiary/aromatic N) is 2. The minimum Gasteiger partial charge on any atom is -0.370 e. The zero-order valence-electron chi connectivity index (χ0n) is 10.7. The van der Waals surface area contributed by atoms with E-state index >= 15 is 0 Å². The zero-order chi connectivity index (χ0) is 12.1. The molecular formula is C13H21N3S. The van der Waals surface area contributed by atoms with Crippen LogP contribution in [0.25, 0.3) is 0 Å². The fourth-order valence-electron chi connectivity index (χ4n) is 2.10. The number of anilines is 1. The Morgan fingerprint density at radius 3 is 2.82 bits per heavy atom. The van der Waals surface area contributed by atoms with Crippen LogP contribution in [0, 0.1) is 12.8 Å². The standard InChI is InChI=1S/C13H21N3S/c1-3-12-8-13(16-10(2)15-12)14-9-11-4-6-17-7-5-11/h8,11H,3-7,9H2,1-2H3,(H,14,15,16). The Balaban J connectivity index is 1.91. The fraction of sp³-hybridized carbons (Fsp3) is 0.692. The minimum atomic E-state index is 0.816. The van der Waals surface area contributed by atoms with Gasteiger partial charge in [-0.25, -0.2) is 9.97 Å². The summed E-state index contributed by atoms with van der Waals surface area (Å²) in [5, 5.41) is 3.47. The molecule has 1 saturated heterocycles. The smallest absolute Gasteiger partial charge is 0.129 e. The van der Waals surface area contributed by atoms with Crippen molar-refractivity contribution in [3.05, 3.63) is 17.6 Å². The van der Waals surface area contributed by atoms with Crippen molar-refractivity contribution in [1.29, 1.82) is 0 Å². The molecular weight excluding hydrogens is 230 g/mol. The van der Waals surface area contributed by atoms with Crippen molar-refractivity contribution in [3.8, 4) is 0 Å². The molecule has 17 heavy (non-hydrogen) atoms. The third kappa shape index (κ3) is 3.87. The van der Waals surface area contributed by atoms with Crippen LogP contribution < -0.4 is 5.32 Å². The number of hydrogen-bond donors (Lipinski definition) is 1. The van der Waals surface area contributed by atoms with Gasteiger partial charge in [-0.1, -0.05) is 6.92 Å². The topological polar surface area (TPSA) is 37.8 Å². The van der Waals surface area contributed by atoms with Crippen LogP contribution in [0.1, 0.15) is 31.3 Å². The molecule has 0 spiro atoms. The van der Waals surface area contributed by atoms with E-state index < -0.39 is 0 Å². The first-order valence-corrected chi connectivity index (χ1v) is 7.59. The highest BCUT2D eigenvalue weighted by Crippen LogP contribution is 2.22. The lowest BCUT2D eigenvalue weighted by Crippen LogP contribution is -2.19. The van der Waals surface area contributed by atoms with Crippen molar-refractivity contribution >= 4 is 17.6 Å². The molecule has 0 atom stereocenters. The van der Waals surface area contributed by atoms with Crippen LogP contribution >= 0.6 is 11.8 Å². The molecule has 1 N–H and O–H groups in total. The summed E-state index contributed by atoms with van der Waals surface area (Å²) in [4.78, 5) is 8.83. The lowest BCUT2D eigenvalue weighted by molar-refractivity contribution is 0.515. The molecule has 1 aliphatic rings. The molecule has 4 heteroatoms. The van der Waals surface area contributed by atoms with E-state index in [1.807, 2.05) is 6.92 Å². The quantitative estimate of drug-likeness (QED) is 0.893. The van der Waals surface area contributed by atoms with Crippen LogP contribution in [0.3, 0.4) is 0 Å². The number of aryl methyl sites for hydroxylation is 2. The third-order valence-corrected chi connectivity index (χ3v) is 4.21. The second-order valence-corrected chi connectivity index (χ2v) is 5.81. The van der Waals surface area contributed by atoms with Gasteiger partial charge < -0.3 is 5.32 Å². The number of thioether (sulfide) groups is 1. The summed E-state index contributed by atoms with van der Waals surface area (Å²) in [6.45, 7) is 5.14. The van der Waals surface area contributed by atoms with E-state index in [-0.39, 0.29) is 0 Å². The summed E-state index contributed by atoms with van der Waals surface area (Å²) < 4.78 is 0. The maximum absolute atomic E-state index is 4.44. The lowest BCUT2D eigenvalue weighted by atomic mass is 10.0. The summed E-state index contributed by atoms with van der Waals surface area (Å²) >= 11 is 2.08. The molecule has 0 saturated carbocycles. The van der Waals surface area contributed by atoms with Gasteiger partial charge in [0.2, 0.25) is 0 Å². The monoisotopic (exact) mass is 251 g/mol. The van der Waals surface area contributed by atoms with Crippen LogP contribution in [-0.4, -0.2) is 28.0 Å². The van der Waals surface area contributed by atoms with Crippen molar-refractivity contribution in [3.63, 3.8) is 0 Å². The van der Waals surface area contributed by atoms with Gasteiger partial charge >= 0.3 is 0 Å². The Labute approximate surface area is 108 Å². The molecule has 2 rings (SSSR count). The normalized spacial score (nSPS) is 17.1. The van der Waals surface area contributed by atoms with Crippen molar-refractivity contribution < 1.29 is 0 Å². The Hall–Kier alpha value is -0.770. The van der Waals surface area contributed by atoms with Crippen molar-refractivity contribution in [2.75, 3.05) is 23.4 Å². The minimum absolute atomic E-state index is 0.816. The number of rotatable bonds is 4. The van der Waals surface area contributed by atoms with Gasteiger partial charge in [0, 0.05) is 18.3 Å². The molecule has 3 nitrogen and oxygen atoms in total. The average molecular weight is 251 g/mol. The van der Waals surface area contributed by atoms with Crippen molar-refractivity contribution in [2.24, 2.45) is 5.92 Å². The Morgan fingerprint density at radius 1 is 1.35 bits per heavy atom. The van der Waals surface area contributed by atoms with E-state index in [1.54, 1.807) is 0 Å². The van der Waals surface area contributed by atoms with Crippen LogP contribution in [0.15, 0.2) is 6.07 Å². The molecule has 0 aromatic carbocycles. The maximum atomic E-state index is 4.44. The molecule has 0 unspecified atom stereocenters. The summed E-state index contributed by atoms with van der Waals surface area (Å²) in [5.41, 5.74) is 1.12. The first-order chi connectivity index (χ1) is 8.28. The molecule has 0 bridgehead atoms. The van der Waals surface area contributed by atoms with E-state index in [0.717, 1.165) is 36.2 Å². The van der Waals surface area contributed by atoms with Crippen LogP contribution in [0.4, 0.5) is 5.82 Å². The van der Waals surface area contributed by atoms with Crippen LogP contribution in [0.5, 0.6) is 0 Å². The van der Waals surface area contributed by atoms with Crippen molar-refractivity contribution in [2.45, 2.75) is 33.1 Å². The predicted octanol–water partition coefficient (Wildman–Crippen LogP) is 2.90. The van der Waals surface area contributed by atoms with Gasteiger partial charge in [-0.15, -0.1) is 0 Å². The van der Waals surface area contributed by atoms with Gasteiger partial charge in [0.1, 0.15) is 11.6 Å². The van der Waals surface area contributed by atoms with E-state index in [1.165, 1.54) is 24.3 Å². The second-order valence-electron chi connectivity index (χ2n) is 4.58. The van der Waals surface area contributed by atoms with Crippen LogP contribution in [0.2, 0.25) is 0 Å². The Bertz CT molecular complexity index is 362. The lowest BCUT2D eigenvalue weighted by Gasteiger charge is -2.21. The van der Waals surface area contributed by atoms with Crippen molar-refractivity contribution in [1.82, 2.24) is 9.97 Å². The summed E-state index contributed by atoms with van der Waals surface area (Å²) in [6, 6.07) is 2.07. The van der Waals surface area contributed by atoms with Gasteiger partial charge in [-0.2, -0.15) is 11.8 Å². The van der Waals surface area contributed by atoms with Gasteiger partial charge in [-0.05, 0) is 43.6 Å². The average Bonchev–Trinajstić information content (AvgIpc) is 2.37.